The molecule has 8 nitrogen and oxygen atoms in total. The summed E-state index contributed by atoms with van der Waals surface area (Å²) in [5.41, 5.74) is 3.24. The molecule has 2 unspecified atom stereocenters. The molecule has 8 heteroatoms. The van der Waals surface area contributed by atoms with Gasteiger partial charge >= 0.3 is 11.9 Å². The van der Waals surface area contributed by atoms with Gasteiger partial charge in [0.25, 0.3) is 0 Å². The third kappa shape index (κ3) is 4.68. The number of hydrogen-bond acceptors (Lipinski definition) is 8. The average Bonchev–Trinajstić information content (AvgIpc) is 2.86. The van der Waals surface area contributed by atoms with E-state index < -0.39 is 24.1 Å². The molecule has 1 heterocycles. The Morgan fingerprint density at radius 3 is 2.62 bits per heavy atom. The second-order valence-corrected chi connectivity index (χ2v) is 11.3. The zero-order valence-electron chi connectivity index (χ0n) is 21.9. The van der Waals surface area contributed by atoms with Crippen molar-refractivity contribution in [3.05, 3.63) is 35.4 Å². The predicted molar refractivity (Wildman–Crippen MR) is 136 cm³/mol. The Labute approximate surface area is 218 Å². The zero-order valence-corrected chi connectivity index (χ0v) is 21.9. The van der Waals surface area contributed by atoms with Crippen LogP contribution < -0.4 is 9.47 Å². The number of ether oxygens (including phenoxy) is 3. The van der Waals surface area contributed by atoms with Gasteiger partial charge in [-0.05, 0) is 81.9 Å². The number of carbonyl (C=O) groups is 2. The summed E-state index contributed by atoms with van der Waals surface area (Å²) in [5, 5.41) is 20.5. The van der Waals surface area contributed by atoms with Crippen LogP contribution in [0.3, 0.4) is 0 Å². The molecule has 2 saturated carbocycles. The van der Waals surface area contributed by atoms with E-state index in [1.807, 2.05) is 0 Å². The second-order valence-electron chi connectivity index (χ2n) is 11.3. The van der Waals surface area contributed by atoms with Gasteiger partial charge in [0.15, 0.2) is 12.2 Å². The van der Waals surface area contributed by atoms with E-state index in [-0.39, 0.29) is 12.0 Å². The summed E-state index contributed by atoms with van der Waals surface area (Å²) < 4.78 is 16.1. The molecular formula is C29H39NO7. The highest BCUT2D eigenvalue weighted by molar-refractivity contribution is 5.86. The smallest absolute Gasteiger partial charge is 0.343 e. The van der Waals surface area contributed by atoms with Crippen molar-refractivity contribution in [3.8, 4) is 11.5 Å². The van der Waals surface area contributed by atoms with Crippen molar-refractivity contribution in [2.24, 2.45) is 11.8 Å². The van der Waals surface area contributed by atoms with Crippen molar-refractivity contribution in [1.29, 1.82) is 0 Å². The Balaban J connectivity index is 1.50. The fraction of sp³-hybridized carbons (Fsp3) is 0.655. The van der Waals surface area contributed by atoms with E-state index in [9.17, 15) is 19.8 Å². The normalized spacial score (nSPS) is 28.8. The van der Waals surface area contributed by atoms with Crippen LogP contribution >= 0.6 is 0 Å². The molecule has 5 atom stereocenters. The van der Waals surface area contributed by atoms with Gasteiger partial charge in [0.1, 0.15) is 11.5 Å². The first-order valence-electron chi connectivity index (χ1n) is 13.6. The lowest BCUT2D eigenvalue weighted by Gasteiger charge is -2.60. The van der Waals surface area contributed by atoms with E-state index in [2.05, 4.69) is 17.5 Å². The largest absolute Gasteiger partial charge is 0.497 e. The van der Waals surface area contributed by atoms with E-state index in [4.69, 9.17) is 14.2 Å². The number of esters is 2. The van der Waals surface area contributed by atoms with Crippen LogP contribution in [0.4, 0.5) is 0 Å². The molecule has 1 aromatic rings. The molecule has 0 spiro atoms. The fourth-order valence-electron chi connectivity index (χ4n) is 7.18. The number of methoxy groups -OCH3 is 1. The molecule has 1 aromatic carbocycles. The van der Waals surface area contributed by atoms with Crippen molar-refractivity contribution < 1.29 is 34.0 Å². The Kier molecular flexibility index (Phi) is 7.35. The van der Waals surface area contributed by atoms with Gasteiger partial charge in [0, 0.05) is 29.6 Å². The van der Waals surface area contributed by atoms with Crippen molar-refractivity contribution in [3.63, 3.8) is 0 Å². The van der Waals surface area contributed by atoms with Crippen LogP contribution in [0.1, 0.15) is 63.0 Å². The Morgan fingerprint density at radius 2 is 1.95 bits per heavy atom. The molecule has 4 aliphatic rings. The summed E-state index contributed by atoms with van der Waals surface area (Å²) in [4.78, 5) is 27.4. The van der Waals surface area contributed by atoms with Gasteiger partial charge in [-0.15, -0.1) is 0 Å². The lowest BCUT2D eigenvalue weighted by Crippen LogP contribution is -2.62. The van der Waals surface area contributed by atoms with Crippen LogP contribution in [-0.2, 0) is 26.2 Å². The van der Waals surface area contributed by atoms with Gasteiger partial charge in [0.05, 0.1) is 13.7 Å². The Bertz CT molecular complexity index is 1070. The molecule has 1 aliphatic heterocycles. The van der Waals surface area contributed by atoms with Crippen LogP contribution in [-0.4, -0.2) is 72.1 Å². The molecule has 3 aliphatic carbocycles. The maximum atomic E-state index is 12.9. The van der Waals surface area contributed by atoms with Crippen molar-refractivity contribution >= 4 is 11.9 Å². The van der Waals surface area contributed by atoms with Crippen molar-refractivity contribution in [2.45, 2.75) is 82.0 Å². The van der Waals surface area contributed by atoms with Crippen LogP contribution in [0.5, 0.6) is 11.5 Å². The molecule has 5 rings (SSSR count). The molecule has 0 amide bonds. The number of aliphatic hydroxyl groups excluding tert-OH is 2. The van der Waals surface area contributed by atoms with Crippen molar-refractivity contribution in [1.82, 2.24) is 4.90 Å². The Morgan fingerprint density at radius 1 is 1.19 bits per heavy atom. The van der Waals surface area contributed by atoms with Gasteiger partial charge in [-0.25, -0.2) is 9.59 Å². The monoisotopic (exact) mass is 513 g/mol. The molecule has 0 aromatic heterocycles. The minimum atomic E-state index is -2.06. The number of benzene rings is 1. The van der Waals surface area contributed by atoms with Gasteiger partial charge in [-0.3, -0.25) is 4.90 Å². The summed E-state index contributed by atoms with van der Waals surface area (Å²) >= 11 is 0. The highest BCUT2D eigenvalue weighted by Gasteiger charge is 2.55. The number of rotatable bonds is 8. The maximum Gasteiger partial charge on any atom is 0.343 e. The van der Waals surface area contributed by atoms with Gasteiger partial charge in [-0.2, -0.15) is 0 Å². The minimum Gasteiger partial charge on any atom is -0.497 e. The molecule has 37 heavy (non-hydrogen) atoms. The van der Waals surface area contributed by atoms with Gasteiger partial charge in [-0.1, -0.05) is 18.6 Å². The predicted octanol–water partition coefficient (Wildman–Crippen LogP) is 2.91. The van der Waals surface area contributed by atoms with E-state index in [1.54, 1.807) is 20.1 Å². The summed E-state index contributed by atoms with van der Waals surface area (Å²) in [7, 11) is 1.58. The minimum absolute atomic E-state index is 0.0222. The van der Waals surface area contributed by atoms with Crippen LogP contribution in [0, 0.1) is 11.8 Å². The van der Waals surface area contributed by atoms with Gasteiger partial charge in [0.2, 0.25) is 0 Å². The van der Waals surface area contributed by atoms with E-state index in [0.717, 1.165) is 62.2 Å². The summed E-state index contributed by atoms with van der Waals surface area (Å²) in [6, 6.07) is 4.09. The third-order valence-corrected chi connectivity index (χ3v) is 9.23. The first-order chi connectivity index (χ1) is 17.8. The number of likely N-dealkylation sites (tertiary alicyclic amines) is 1. The highest BCUT2D eigenvalue weighted by Crippen LogP contribution is 2.58. The summed E-state index contributed by atoms with van der Waals surface area (Å²) in [6.45, 7) is 8.12. The molecule has 202 valence electrons. The highest BCUT2D eigenvalue weighted by atomic mass is 16.6. The number of carbonyl (C=O) groups excluding carboxylic acids is 2. The average molecular weight is 514 g/mol. The number of hydrogen-bond donors (Lipinski definition) is 2. The lowest BCUT2D eigenvalue weighted by atomic mass is 9.51. The fourth-order valence-corrected chi connectivity index (χ4v) is 7.18. The second kappa shape index (κ2) is 10.4. The molecule has 3 fully saturated rings. The SMILES string of the molecule is C=C1CC[C@H]2[C@H]3Cc4c(OC(=O)C(O)C(O)C(=O)OCC)cc(OC)cc4[C@@]2(CCN3CC2CCC2)C1. The van der Waals surface area contributed by atoms with Crippen LogP contribution in [0.15, 0.2) is 24.3 Å². The van der Waals surface area contributed by atoms with E-state index in [0.29, 0.717) is 23.5 Å². The molecule has 2 bridgehead atoms. The standard InChI is InChI=1S/C29H39NO7/c1-4-36-27(33)25(31)26(32)28(34)37-24-13-19(35-3)12-22-20(24)14-23-21-9-8-17(2)15-29(21,22)10-11-30(23)16-18-6-5-7-18/h12-13,18,21,23,25-26,31-32H,2,4-11,14-16H2,1,3H3/t21-,23+,25?,26?,29-/m0/s1. The lowest BCUT2D eigenvalue weighted by molar-refractivity contribution is -0.168. The molecule has 1 saturated heterocycles. The van der Waals surface area contributed by atoms with Crippen LogP contribution in [0.25, 0.3) is 0 Å². The number of fused-ring (bicyclic) bond motifs is 1. The Hall–Kier alpha value is -2.42. The summed E-state index contributed by atoms with van der Waals surface area (Å²) in [5.74, 6) is -0.0182. The quantitative estimate of drug-likeness (QED) is 0.311. The van der Waals surface area contributed by atoms with Crippen molar-refractivity contribution in [2.75, 3.05) is 26.8 Å². The molecule has 2 N–H and O–H groups in total. The topological polar surface area (TPSA) is 106 Å². The molecular weight excluding hydrogens is 474 g/mol. The van der Waals surface area contributed by atoms with E-state index in [1.165, 1.54) is 24.8 Å². The number of aliphatic hydroxyl groups is 2. The maximum absolute atomic E-state index is 12.9. The zero-order chi connectivity index (χ0) is 26.3. The summed E-state index contributed by atoms with van der Waals surface area (Å²) in [6.07, 6.45) is 4.64. The number of nitrogens with zero attached hydrogens (tertiary/aromatic N) is 1. The molecule has 0 radical (unpaired) electrons. The number of allylic oxidation sites excluding steroid dienone is 1. The van der Waals surface area contributed by atoms with Gasteiger partial charge < -0.3 is 24.4 Å². The first-order valence-corrected chi connectivity index (χ1v) is 13.6. The number of piperidine rings is 1. The van der Waals surface area contributed by atoms with Crippen LogP contribution in [0.2, 0.25) is 0 Å². The van der Waals surface area contributed by atoms with E-state index >= 15 is 0 Å². The first kappa shape index (κ1) is 26.2. The third-order valence-electron chi connectivity index (χ3n) is 9.23.